The van der Waals surface area contributed by atoms with Crippen LogP contribution < -0.4 is 11.5 Å². The van der Waals surface area contributed by atoms with Crippen molar-refractivity contribution in [3.05, 3.63) is 22.8 Å². The molecule has 0 bridgehead atoms. The molecule has 0 aromatic heterocycles. The minimum absolute atomic E-state index is 0.0107. The van der Waals surface area contributed by atoms with Gasteiger partial charge < -0.3 is 21.3 Å². The van der Waals surface area contributed by atoms with Gasteiger partial charge in [0.1, 0.15) is 0 Å². The van der Waals surface area contributed by atoms with Crippen molar-refractivity contribution in [2.75, 3.05) is 18.1 Å². The second-order valence-electron chi connectivity index (χ2n) is 3.66. The van der Waals surface area contributed by atoms with Gasteiger partial charge in [-0.05, 0) is 25.0 Å². The van der Waals surface area contributed by atoms with E-state index in [-0.39, 0.29) is 29.1 Å². The molecule has 0 aliphatic carbocycles. The summed E-state index contributed by atoms with van der Waals surface area (Å²) in [6.07, 6.45) is 0.366. The Morgan fingerprint density at radius 2 is 1.94 bits per heavy atom. The van der Waals surface area contributed by atoms with Gasteiger partial charge in [-0.15, -0.1) is 0 Å². The van der Waals surface area contributed by atoms with Gasteiger partial charge in [0.2, 0.25) is 0 Å². The van der Waals surface area contributed by atoms with Crippen molar-refractivity contribution in [1.29, 1.82) is 0 Å². The molecule has 1 aromatic rings. The SMILES string of the molecule is CCOC(=O)c1cc(N)c(C(=O)O)c(CC)c1N. The molecular weight excluding hydrogens is 236 g/mol. The first-order valence-electron chi connectivity index (χ1n) is 5.55. The quantitative estimate of drug-likeness (QED) is 0.549. The fourth-order valence-corrected chi connectivity index (χ4v) is 1.77. The van der Waals surface area contributed by atoms with Crippen LogP contribution in [-0.4, -0.2) is 23.7 Å². The lowest BCUT2D eigenvalue weighted by Crippen LogP contribution is -2.15. The first-order chi connectivity index (χ1) is 8.43. The molecule has 0 atom stereocenters. The average Bonchev–Trinajstić information content (AvgIpc) is 2.30. The summed E-state index contributed by atoms with van der Waals surface area (Å²) in [7, 11) is 0. The smallest absolute Gasteiger partial charge is 0.340 e. The van der Waals surface area contributed by atoms with Gasteiger partial charge in [0.15, 0.2) is 0 Å². The third-order valence-electron chi connectivity index (χ3n) is 2.57. The van der Waals surface area contributed by atoms with Crippen molar-refractivity contribution >= 4 is 23.3 Å². The Bertz CT molecular complexity index is 497. The molecular formula is C12H16N2O4. The zero-order valence-electron chi connectivity index (χ0n) is 10.3. The number of carboxylic acids is 1. The molecule has 0 unspecified atom stereocenters. The topological polar surface area (TPSA) is 116 Å². The predicted molar refractivity (Wildman–Crippen MR) is 67.6 cm³/mol. The van der Waals surface area contributed by atoms with E-state index in [1.54, 1.807) is 13.8 Å². The molecule has 6 heteroatoms. The molecule has 0 saturated heterocycles. The lowest BCUT2D eigenvalue weighted by Gasteiger charge is -2.14. The Hall–Kier alpha value is -2.24. The highest BCUT2D eigenvalue weighted by Gasteiger charge is 2.22. The van der Waals surface area contributed by atoms with Crippen molar-refractivity contribution in [3.63, 3.8) is 0 Å². The number of benzene rings is 1. The van der Waals surface area contributed by atoms with Crippen molar-refractivity contribution in [3.8, 4) is 0 Å². The summed E-state index contributed by atoms with van der Waals surface area (Å²) in [6, 6.07) is 1.25. The molecule has 6 nitrogen and oxygen atoms in total. The first-order valence-corrected chi connectivity index (χ1v) is 5.55. The van der Waals surface area contributed by atoms with Gasteiger partial charge in [0.05, 0.1) is 23.4 Å². The number of carbonyl (C=O) groups excluding carboxylic acids is 1. The summed E-state index contributed by atoms with van der Waals surface area (Å²) >= 11 is 0. The minimum Gasteiger partial charge on any atom is -0.478 e. The summed E-state index contributed by atoms with van der Waals surface area (Å²) in [4.78, 5) is 22.8. The van der Waals surface area contributed by atoms with E-state index < -0.39 is 11.9 Å². The number of carboxylic acid groups (broad SMARTS) is 1. The molecule has 0 amide bonds. The van der Waals surface area contributed by atoms with E-state index in [2.05, 4.69) is 0 Å². The number of hydrogen-bond acceptors (Lipinski definition) is 5. The Balaban J connectivity index is 3.47. The van der Waals surface area contributed by atoms with Crippen LogP contribution in [0.25, 0.3) is 0 Å². The predicted octanol–water partition coefficient (Wildman–Crippen LogP) is 1.29. The van der Waals surface area contributed by atoms with Gasteiger partial charge in [0, 0.05) is 5.69 Å². The summed E-state index contributed by atoms with van der Waals surface area (Å²) in [6.45, 7) is 3.62. The molecule has 1 aromatic carbocycles. The molecule has 0 saturated carbocycles. The third-order valence-corrected chi connectivity index (χ3v) is 2.57. The Labute approximate surface area is 105 Å². The van der Waals surface area contributed by atoms with Crippen LogP contribution in [0.1, 0.15) is 40.1 Å². The summed E-state index contributed by atoms with van der Waals surface area (Å²) in [5, 5.41) is 9.08. The third kappa shape index (κ3) is 2.37. The molecule has 0 heterocycles. The largest absolute Gasteiger partial charge is 0.478 e. The molecule has 98 valence electrons. The second-order valence-corrected chi connectivity index (χ2v) is 3.66. The monoisotopic (exact) mass is 252 g/mol. The summed E-state index contributed by atoms with van der Waals surface area (Å²) in [5.74, 6) is -1.76. The molecule has 5 N–H and O–H groups in total. The second kappa shape index (κ2) is 5.39. The Morgan fingerprint density at radius 1 is 1.33 bits per heavy atom. The zero-order chi connectivity index (χ0) is 13.9. The normalized spacial score (nSPS) is 10.1. The number of aromatic carboxylic acids is 1. The highest BCUT2D eigenvalue weighted by atomic mass is 16.5. The fourth-order valence-electron chi connectivity index (χ4n) is 1.77. The average molecular weight is 252 g/mol. The Kier molecular flexibility index (Phi) is 4.14. The van der Waals surface area contributed by atoms with E-state index in [0.717, 1.165) is 0 Å². The van der Waals surface area contributed by atoms with Crippen LogP contribution in [0.15, 0.2) is 6.07 Å². The van der Waals surface area contributed by atoms with E-state index in [0.29, 0.717) is 12.0 Å². The number of esters is 1. The summed E-state index contributed by atoms with van der Waals surface area (Å²) < 4.78 is 4.84. The number of rotatable bonds is 4. The van der Waals surface area contributed by atoms with Crippen molar-refractivity contribution in [2.45, 2.75) is 20.3 Å². The molecule has 1 rings (SSSR count). The van der Waals surface area contributed by atoms with Crippen LogP contribution in [-0.2, 0) is 11.2 Å². The zero-order valence-corrected chi connectivity index (χ0v) is 10.3. The minimum atomic E-state index is -1.16. The van der Waals surface area contributed by atoms with Crippen LogP contribution in [0.4, 0.5) is 11.4 Å². The number of hydrogen-bond donors (Lipinski definition) is 3. The maximum Gasteiger partial charge on any atom is 0.340 e. The van der Waals surface area contributed by atoms with Crippen molar-refractivity contribution < 1.29 is 19.4 Å². The first kappa shape index (κ1) is 13.8. The molecule has 0 spiro atoms. The van der Waals surface area contributed by atoms with Crippen molar-refractivity contribution in [2.24, 2.45) is 0 Å². The van der Waals surface area contributed by atoms with Gasteiger partial charge in [-0.1, -0.05) is 6.92 Å². The number of nitrogens with two attached hydrogens (primary N) is 2. The van der Waals surface area contributed by atoms with Crippen LogP contribution in [0, 0.1) is 0 Å². The van der Waals surface area contributed by atoms with E-state index in [4.69, 9.17) is 21.3 Å². The van der Waals surface area contributed by atoms with E-state index in [9.17, 15) is 9.59 Å². The molecule has 0 aliphatic rings. The van der Waals surface area contributed by atoms with Crippen LogP contribution >= 0.6 is 0 Å². The lowest BCUT2D eigenvalue weighted by molar-refractivity contribution is 0.0526. The van der Waals surface area contributed by atoms with Gasteiger partial charge >= 0.3 is 11.9 Å². The standard InChI is InChI=1S/C12H16N2O4/c1-3-6-9(11(15)16)8(13)5-7(10(6)14)12(17)18-4-2/h5H,3-4,13-14H2,1-2H3,(H,15,16). The molecule has 0 radical (unpaired) electrons. The van der Waals surface area contributed by atoms with E-state index in [1.807, 2.05) is 0 Å². The summed E-state index contributed by atoms with van der Waals surface area (Å²) in [5.41, 5.74) is 12.0. The van der Waals surface area contributed by atoms with Gasteiger partial charge in [-0.2, -0.15) is 0 Å². The molecule has 0 fully saturated rings. The number of anilines is 2. The molecule has 18 heavy (non-hydrogen) atoms. The lowest BCUT2D eigenvalue weighted by atomic mass is 9.97. The number of nitrogen functional groups attached to an aromatic ring is 2. The van der Waals surface area contributed by atoms with Gasteiger partial charge in [-0.3, -0.25) is 0 Å². The number of carbonyl (C=O) groups is 2. The highest BCUT2D eigenvalue weighted by molar-refractivity contribution is 6.03. The maximum absolute atomic E-state index is 11.7. The Morgan fingerprint density at radius 3 is 2.39 bits per heavy atom. The van der Waals surface area contributed by atoms with E-state index in [1.165, 1.54) is 6.07 Å². The van der Waals surface area contributed by atoms with E-state index >= 15 is 0 Å². The van der Waals surface area contributed by atoms with Crippen LogP contribution in [0.5, 0.6) is 0 Å². The fraction of sp³-hybridized carbons (Fsp3) is 0.333. The van der Waals surface area contributed by atoms with Crippen LogP contribution in [0.3, 0.4) is 0 Å². The maximum atomic E-state index is 11.7. The van der Waals surface area contributed by atoms with Gasteiger partial charge in [-0.25, -0.2) is 9.59 Å². The van der Waals surface area contributed by atoms with Gasteiger partial charge in [0.25, 0.3) is 0 Å². The molecule has 0 aliphatic heterocycles. The number of ether oxygens (including phenoxy) is 1. The highest BCUT2D eigenvalue weighted by Crippen LogP contribution is 2.28. The van der Waals surface area contributed by atoms with Crippen molar-refractivity contribution in [1.82, 2.24) is 0 Å². The van der Waals surface area contributed by atoms with Crippen LogP contribution in [0.2, 0.25) is 0 Å².